The summed E-state index contributed by atoms with van der Waals surface area (Å²) >= 11 is 0. The Labute approximate surface area is 127 Å². The van der Waals surface area contributed by atoms with Crippen LogP contribution in [0.25, 0.3) is 0 Å². The Bertz CT molecular complexity index is 595. The molecule has 0 bridgehead atoms. The van der Waals surface area contributed by atoms with Gasteiger partial charge >= 0.3 is 0 Å². The third-order valence-electron chi connectivity index (χ3n) is 3.67. The Morgan fingerprint density at radius 3 is 2.48 bits per heavy atom. The second-order valence-corrected chi connectivity index (χ2v) is 7.95. The first-order valence-electron chi connectivity index (χ1n) is 7.07. The highest BCUT2D eigenvalue weighted by Gasteiger charge is 2.25. The normalized spacial score (nSPS) is 12.6. The lowest BCUT2D eigenvalue weighted by Crippen LogP contribution is -2.35. The van der Waals surface area contributed by atoms with Crippen molar-refractivity contribution in [2.24, 2.45) is 5.41 Å². The van der Waals surface area contributed by atoms with E-state index in [4.69, 9.17) is 10.8 Å². The van der Waals surface area contributed by atoms with Crippen molar-refractivity contribution in [3.63, 3.8) is 0 Å². The summed E-state index contributed by atoms with van der Waals surface area (Å²) in [5.74, 6) is 0. The first kappa shape index (κ1) is 17.9. The molecule has 0 radical (unpaired) electrons. The third kappa shape index (κ3) is 4.69. The molecule has 0 unspecified atom stereocenters. The maximum Gasteiger partial charge on any atom is 0.241 e. The minimum Gasteiger partial charge on any atom is -0.398 e. The van der Waals surface area contributed by atoms with E-state index in [1.807, 2.05) is 13.8 Å². The molecule has 0 amide bonds. The van der Waals surface area contributed by atoms with Gasteiger partial charge in [0.25, 0.3) is 0 Å². The molecule has 1 aromatic carbocycles. The van der Waals surface area contributed by atoms with E-state index in [1.54, 1.807) is 26.0 Å². The highest BCUT2D eigenvalue weighted by molar-refractivity contribution is 7.89. The van der Waals surface area contributed by atoms with Crippen LogP contribution in [0, 0.1) is 19.3 Å². The molecule has 0 saturated heterocycles. The molecule has 6 heteroatoms. The topological polar surface area (TPSA) is 92.4 Å². The number of nitrogens with one attached hydrogen (secondary N) is 1. The van der Waals surface area contributed by atoms with Gasteiger partial charge in [-0.2, -0.15) is 0 Å². The van der Waals surface area contributed by atoms with Crippen molar-refractivity contribution in [2.45, 2.75) is 45.4 Å². The summed E-state index contributed by atoms with van der Waals surface area (Å²) in [7, 11) is -3.59. The minimum atomic E-state index is -3.59. The van der Waals surface area contributed by atoms with Crippen molar-refractivity contribution in [3.8, 4) is 0 Å². The number of aliphatic hydroxyl groups excluding tert-OH is 1. The van der Waals surface area contributed by atoms with Crippen LogP contribution in [0.15, 0.2) is 17.0 Å². The van der Waals surface area contributed by atoms with Crippen LogP contribution >= 0.6 is 0 Å². The van der Waals surface area contributed by atoms with E-state index >= 15 is 0 Å². The molecule has 4 N–H and O–H groups in total. The fourth-order valence-corrected chi connectivity index (χ4v) is 4.00. The second kappa shape index (κ2) is 6.77. The Morgan fingerprint density at radius 1 is 1.29 bits per heavy atom. The number of nitrogen functional groups attached to an aromatic ring is 1. The van der Waals surface area contributed by atoms with Crippen LogP contribution in [0.3, 0.4) is 0 Å². The van der Waals surface area contributed by atoms with Crippen LogP contribution < -0.4 is 10.5 Å². The average molecular weight is 314 g/mol. The van der Waals surface area contributed by atoms with Gasteiger partial charge in [-0.15, -0.1) is 0 Å². The predicted octanol–water partition coefficient (Wildman–Crippen LogP) is 1.96. The zero-order valence-corrected chi connectivity index (χ0v) is 14.0. The summed E-state index contributed by atoms with van der Waals surface area (Å²) < 4.78 is 27.7. The molecule has 0 fully saturated rings. The Balaban J connectivity index is 2.96. The van der Waals surface area contributed by atoms with Gasteiger partial charge in [-0.25, -0.2) is 13.1 Å². The molecule has 0 spiro atoms. The molecule has 120 valence electrons. The fraction of sp³-hybridized carbons (Fsp3) is 0.600. The number of hydrogen-bond acceptors (Lipinski definition) is 4. The predicted molar refractivity (Wildman–Crippen MR) is 85.6 cm³/mol. The SMILES string of the molecule is Cc1ccc(N)c(C)c1S(=O)(=O)NCC(C)(C)CCCO. The lowest BCUT2D eigenvalue weighted by molar-refractivity contribution is 0.242. The minimum absolute atomic E-state index is 0.115. The first-order valence-corrected chi connectivity index (χ1v) is 8.55. The number of benzene rings is 1. The molecule has 21 heavy (non-hydrogen) atoms. The first-order chi connectivity index (χ1) is 9.60. The zero-order chi connectivity index (χ0) is 16.3. The molecule has 0 aliphatic rings. The molecule has 1 aromatic rings. The second-order valence-electron chi connectivity index (χ2n) is 6.24. The molecule has 0 aliphatic carbocycles. The summed E-state index contributed by atoms with van der Waals surface area (Å²) in [5, 5.41) is 8.89. The highest BCUT2D eigenvalue weighted by Crippen LogP contribution is 2.26. The van der Waals surface area contributed by atoms with Gasteiger partial charge < -0.3 is 10.8 Å². The standard InChI is InChI=1S/C15H26N2O3S/c1-11-6-7-13(16)12(2)14(11)21(19,20)17-10-15(3,4)8-5-9-18/h6-7,17-18H,5,8-10,16H2,1-4H3. The zero-order valence-electron chi connectivity index (χ0n) is 13.2. The summed E-state index contributed by atoms with van der Waals surface area (Å²) in [6.45, 7) is 7.87. The lowest BCUT2D eigenvalue weighted by Gasteiger charge is -2.25. The van der Waals surface area contributed by atoms with Gasteiger partial charge in [-0.3, -0.25) is 0 Å². The molecular weight excluding hydrogens is 288 g/mol. The maximum absolute atomic E-state index is 12.5. The lowest BCUT2D eigenvalue weighted by atomic mass is 9.88. The fourth-order valence-electron chi connectivity index (χ4n) is 2.26. The Hall–Kier alpha value is -1.11. The van der Waals surface area contributed by atoms with E-state index in [2.05, 4.69) is 4.72 Å². The molecule has 5 nitrogen and oxygen atoms in total. The Kier molecular flexibility index (Phi) is 5.78. The molecule has 0 aliphatic heterocycles. The number of anilines is 1. The van der Waals surface area contributed by atoms with Gasteiger partial charge in [0.15, 0.2) is 0 Å². The van der Waals surface area contributed by atoms with E-state index in [9.17, 15) is 8.42 Å². The number of sulfonamides is 1. The molecule has 0 aromatic heterocycles. The van der Waals surface area contributed by atoms with Crippen molar-refractivity contribution in [2.75, 3.05) is 18.9 Å². The van der Waals surface area contributed by atoms with Crippen LogP contribution in [-0.2, 0) is 10.0 Å². The summed E-state index contributed by atoms with van der Waals surface area (Å²) in [6.07, 6.45) is 1.41. The molecule has 0 saturated carbocycles. The van der Waals surface area contributed by atoms with Gasteiger partial charge in [0, 0.05) is 18.8 Å². The maximum atomic E-state index is 12.5. The summed E-state index contributed by atoms with van der Waals surface area (Å²) in [6, 6.07) is 3.43. The Morgan fingerprint density at radius 2 is 1.90 bits per heavy atom. The highest BCUT2D eigenvalue weighted by atomic mass is 32.2. The van der Waals surface area contributed by atoms with Crippen LogP contribution in [0.1, 0.15) is 37.8 Å². The van der Waals surface area contributed by atoms with Gasteiger partial charge in [0.2, 0.25) is 10.0 Å². The van der Waals surface area contributed by atoms with Crippen LogP contribution in [0.5, 0.6) is 0 Å². The van der Waals surface area contributed by atoms with E-state index < -0.39 is 10.0 Å². The van der Waals surface area contributed by atoms with Crippen LogP contribution in [0.4, 0.5) is 5.69 Å². The van der Waals surface area contributed by atoms with Crippen LogP contribution in [0.2, 0.25) is 0 Å². The van der Waals surface area contributed by atoms with Crippen LogP contribution in [-0.4, -0.2) is 26.7 Å². The molecule has 1 rings (SSSR count). The molecule has 0 atom stereocenters. The van der Waals surface area contributed by atoms with E-state index in [1.165, 1.54) is 0 Å². The van der Waals surface area contributed by atoms with Crippen molar-refractivity contribution in [3.05, 3.63) is 23.3 Å². The number of nitrogens with two attached hydrogens (primary N) is 1. The van der Waals surface area contributed by atoms with E-state index in [0.717, 1.165) is 6.42 Å². The largest absolute Gasteiger partial charge is 0.398 e. The number of hydrogen-bond donors (Lipinski definition) is 3. The summed E-state index contributed by atoms with van der Waals surface area (Å²) in [5.41, 5.74) is 7.34. The number of rotatable bonds is 7. The van der Waals surface area contributed by atoms with E-state index in [-0.39, 0.29) is 16.9 Å². The van der Waals surface area contributed by atoms with Crippen molar-refractivity contribution in [1.29, 1.82) is 0 Å². The van der Waals surface area contributed by atoms with Gasteiger partial charge in [0.05, 0.1) is 4.90 Å². The van der Waals surface area contributed by atoms with E-state index in [0.29, 0.717) is 29.8 Å². The van der Waals surface area contributed by atoms with Crippen molar-refractivity contribution < 1.29 is 13.5 Å². The number of aliphatic hydroxyl groups is 1. The monoisotopic (exact) mass is 314 g/mol. The summed E-state index contributed by atoms with van der Waals surface area (Å²) in [4.78, 5) is 0.264. The van der Waals surface area contributed by atoms with Gasteiger partial charge in [-0.05, 0) is 49.3 Å². The quantitative estimate of drug-likeness (QED) is 0.671. The third-order valence-corrected chi connectivity index (χ3v) is 5.36. The number of aryl methyl sites for hydroxylation is 1. The van der Waals surface area contributed by atoms with Gasteiger partial charge in [0.1, 0.15) is 0 Å². The average Bonchev–Trinajstić information content (AvgIpc) is 2.39. The van der Waals surface area contributed by atoms with Crippen molar-refractivity contribution in [1.82, 2.24) is 4.72 Å². The molecular formula is C15H26N2O3S. The van der Waals surface area contributed by atoms with Crippen molar-refractivity contribution >= 4 is 15.7 Å². The molecule has 0 heterocycles. The van der Waals surface area contributed by atoms with Gasteiger partial charge in [-0.1, -0.05) is 19.9 Å². The smallest absolute Gasteiger partial charge is 0.241 e.